The van der Waals surface area contributed by atoms with Crippen LogP contribution in [0, 0.1) is 0 Å². The molecule has 98 valence electrons. The van der Waals surface area contributed by atoms with E-state index in [1.807, 2.05) is 25.1 Å². The molecule has 2 heterocycles. The number of hydrogen-bond donors (Lipinski definition) is 3. The topological polar surface area (TPSA) is 106 Å². The molecule has 0 aliphatic heterocycles. The van der Waals surface area contributed by atoms with E-state index in [-0.39, 0.29) is 17.6 Å². The molecule has 1 unspecified atom stereocenters. The second-order valence-corrected chi connectivity index (χ2v) is 3.90. The van der Waals surface area contributed by atoms with E-state index in [4.69, 9.17) is 5.84 Å². The van der Waals surface area contributed by atoms with Gasteiger partial charge in [0.1, 0.15) is 0 Å². The van der Waals surface area contributed by atoms with Crippen molar-refractivity contribution in [1.82, 2.24) is 20.5 Å². The van der Waals surface area contributed by atoms with Gasteiger partial charge < -0.3 is 10.7 Å². The Bertz CT molecular complexity index is 542. The zero-order valence-electron chi connectivity index (χ0n) is 10.4. The van der Waals surface area contributed by atoms with Gasteiger partial charge in [0, 0.05) is 6.20 Å². The maximum Gasteiger partial charge on any atom is 0.272 e. The number of carbonyl (C=O) groups is 1. The lowest BCUT2D eigenvalue weighted by molar-refractivity contribution is 0.0933. The zero-order valence-corrected chi connectivity index (χ0v) is 10.4. The van der Waals surface area contributed by atoms with E-state index in [9.17, 15) is 4.79 Å². The maximum atomic E-state index is 11.9. The van der Waals surface area contributed by atoms with Crippen LogP contribution in [0.2, 0.25) is 0 Å². The summed E-state index contributed by atoms with van der Waals surface area (Å²) in [4.78, 5) is 16.1. The number of carbonyl (C=O) groups excluding carboxylic acids is 1. The summed E-state index contributed by atoms with van der Waals surface area (Å²) >= 11 is 0. The van der Waals surface area contributed by atoms with Crippen molar-refractivity contribution in [2.75, 3.05) is 5.43 Å². The molecule has 1 amide bonds. The summed E-state index contributed by atoms with van der Waals surface area (Å²) in [7, 11) is 0. The van der Waals surface area contributed by atoms with Gasteiger partial charge >= 0.3 is 0 Å². The van der Waals surface area contributed by atoms with E-state index in [0.29, 0.717) is 5.82 Å². The highest BCUT2D eigenvalue weighted by Crippen LogP contribution is 2.09. The van der Waals surface area contributed by atoms with Crippen LogP contribution >= 0.6 is 0 Å². The second kappa shape index (κ2) is 5.87. The highest BCUT2D eigenvalue weighted by Gasteiger charge is 2.13. The van der Waals surface area contributed by atoms with Crippen LogP contribution in [0.3, 0.4) is 0 Å². The minimum atomic E-state index is -0.311. The van der Waals surface area contributed by atoms with Crippen molar-refractivity contribution in [3.8, 4) is 0 Å². The first kappa shape index (κ1) is 12.9. The number of nitrogens with one attached hydrogen (secondary N) is 2. The van der Waals surface area contributed by atoms with Crippen molar-refractivity contribution >= 4 is 11.7 Å². The zero-order chi connectivity index (χ0) is 13.7. The highest BCUT2D eigenvalue weighted by atomic mass is 16.2. The molecule has 2 aromatic heterocycles. The molecular weight excluding hydrogens is 244 g/mol. The maximum absolute atomic E-state index is 11.9. The number of nitrogens with two attached hydrogens (primary N) is 1. The number of pyridine rings is 1. The summed E-state index contributed by atoms with van der Waals surface area (Å²) < 4.78 is 0. The number of amides is 1. The molecule has 0 radical (unpaired) electrons. The average molecular weight is 258 g/mol. The Balaban J connectivity index is 2.04. The molecule has 7 heteroatoms. The van der Waals surface area contributed by atoms with Crippen LogP contribution in [0.4, 0.5) is 5.82 Å². The molecule has 7 nitrogen and oxygen atoms in total. The summed E-state index contributed by atoms with van der Waals surface area (Å²) in [5, 5.41) is 10.3. The number of hydrazine groups is 1. The van der Waals surface area contributed by atoms with Crippen molar-refractivity contribution < 1.29 is 4.79 Å². The number of rotatable bonds is 4. The first-order chi connectivity index (χ1) is 9.20. The number of nitrogen functional groups attached to an aromatic ring is 1. The fraction of sp³-hybridized carbons (Fsp3) is 0.167. The summed E-state index contributed by atoms with van der Waals surface area (Å²) in [6.07, 6.45) is 1.68. The van der Waals surface area contributed by atoms with E-state index in [2.05, 4.69) is 25.9 Å². The van der Waals surface area contributed by atoms with Crippen LogP contribution in [0.1, 0.15) is 29.1 Å². The summed E-state index contributed by atoms with van der Waals surface area (Å²) in [6, 6.07) is 8.45. The molecule has 0 spiro atoms. The molecule has 0 aliphatic carbocycles. The van der Waals surface area contributed by atoms with Gasteiger partial charge in [0.25, 0.3) is 5.91 Å². The predicted octanol–water partition coefficient (Wildman–Crippen LogP) is 0.648. The van der Waals surface area contributed by atoms with Crippen LogP contribution in [-0.4, -0.2) is 21.1 Å². The standard InChI is InChI=1S/C12H14N6O/c1-8(9-4-2-3-7-14-9)15-12(19)10-5-6-11(16-13)18-17-10/h2-8H,13H2,1H3,(H,15,19)(H,16,18). The molecule has 0 fully saturated rings. The minimum Gasteiger partial charge on any atom is -0.343 e. The Hall–Kier alpha value is -2.54. The van der Waals surface area contributed by atoms with E-state index in [1.165, 1.54) is 0 Å². The third-order valence-corrected chi connectivity index (χ3v) is 2.52. The Kier molecular flexibility index (Phi) is 3.99. The monoisotopic (exact) mass is 258 g/mol. The van der Waals surface area contributed by atoms with Crippen molar-refractivity contribution in [1.29, 1.82) is 0 Å². The lowest BCUT2D eigenvalue weighted by Gasteiger charge is -2.12. The molecule has 0 saturated carbocycles. The number of hydrogen-bond acceptors (Lipinski definition) is 6. The van der Waals surface area contributed by atoms with Crippen LogP contribution in [-0.2, 0) is 0 Å². The fourth-order valence-corrected chi connectivity index (χ4v) is 1.51. The molecule has 2 rings (SSSR count). The number of nitrogens with zero attached hydrogens (tertiary/aromatic N) is 3. The van der Waals surface area contributed by atoms with E-state index < -0.39 is 0 Å². The quantitative estimate of drug-likeness (QED) is 0.549. The summed E-state index contributed by atoms with van der Waals surface area (Å²) in [5.74, 6) is 5.26. The second-order valence-electron chi connectivity index (χ2n) is 3.90. The van der Waals surface area contributed by atoms with Gasteiger partial charge in [-0.1, -0.05) is 6.07 Å². The lowest BCUT2D eigenvalue weighted by Crippen LogP contribution is -2.28. The molecule has 0 aromatic carbocycles. The first-order valence-corrected chi connectivity index (χ1v) is 5.73. The van der Waals surface area contributed by atoms with Crippen LogP contribution in [0.25, 0.3) is 0 Å². The Morgan fingerprint density at radius 3 is 2.68 bits per heavy atom. The Morgan fingerprint density at radius 2 is 2.11 bits per heavy atom. The first-order valence-electron chi connectivity index (χ1n) is 5.73. The highest BCUT2D eigenvalue weighted by molar-refractivity contribution is 5.92. The summed E-state index contributed by atoms with van der Waals surface area (Å²) in [6.45, 7) is 1.85. The van der Waals surface area contributed by atoms with Crippen molar-refractivity contribution in [3.63, 3.8) is 0 Å². The van der Waals surface area contributed by atoms with Gasteiger partial charge in [-0.05, 0) is 31.2 Å². The van der Waals surface area contributed by atoms with Crippen LogP contribution in [0.15, 0.2) is 36.5 Å². The minimum absolute atomic E-state index is 0.206. The average Bonchev–Trinajstić information content (AvgIpc) is 2.48. The molecule has 0 aliphatic rings. The van der Waals surface area contributed by atoms with Gasteiger partial charge in [-0.2, -0.15) is 0 Å². The molecule has 0 bridgehead atoms. The van der Waals surface area contributed by atoms with Crippen LogP contribution in [0.5, 0.6) is 0 Å². The Labute approximate surface area is 110 Å². The molecule has 1 atom stereocenters. The van der Waals surface area contributed by atoms with Gasteiger partial charge in [0.05, 0.1) is 11.7 Å². The largest absolute Gasteiger partial charge is 0.343 e. The van der Waals surface area contributed by atoms with Gasteiger partial charge in [-0.3, -0.25) is 9.78 Å². The van der Waals surface area contributed by atoms with Crippen molar-refractivity contribution in [2.45, 2.75) is 13.0 Å². The van der Waals surface area contributed by atoms with E-state index >= 15 is 0 Å². The third kappa shape index (κ3) is 3.23. The SMILES string of the molecule is CC(NC(=O)c1ccc(NN)nn1)c1ccccn1. The van der Waals surface area contributed by atoms with Crippen molar-refractivity contribution in [2.24, 2.45) is 5.84 Å². The molecular formula is C12H14N6O. The molecule has 4 N–H and O–H groups in total. The molecule has 2 aromatic rings. The summed E-state index contributed by atoms with van der Waals surface area (Å²) in [5.41, 5.74) is 3.35. The third-order valence-electron chi connectivity index (χ3n) is 2.52. The normalized spacial score (nSPS) is 11.7. The van der Waals surface area contributed by atoms with Gasteiger partial charge in [-0.25, -0.2) is 5.84 Å². The van der Waals surface area contributed by atoms with E-state index in [1.54, 1.807) is 18.3 Å². The van der Waals surface area contributed by atoms with Gasteiger partial charge in [-0.15, -0.1) is 10.2 Å². The van der Waals surface area contributed by atoms with Gasteiger partial charge in [0.15, 0.2) is 11.5 Å². The van der Waals surface area contributed by atoms with E-state index in [0.717, 1.165) is 5.69 Å². The smallest absolute Gasteiger partial charge is 0.272 e. The molecule has 19 heavy (non-hydrogen) atoms. The Morgan fingerprint density at radius 1 is 1.26 bits per heavy atom. The lowest BCUT2D eigenvalue weighted by atomic mass is 10.2. The fourth-order valence-electron chi connectivity index (χ4n) is 1.51. The van der Waals surface area contributed by atoms with Crippen molar-refractivity contribution in [3.05, 3.63) is 47.9 Å². The number of aromatic nitrogens is 3. The van der Waals surface area contributed by atoms with Gasteiger partial charge in [0.2, 0.25) is 0 Å². The number of anilines is 1. The van der Waals surface area contributed by atoms with Crippen LogP contribution < -0.4 is 16.6 Å². The predicted molar refractivity (Wildman–Crippen MR) is 70.0 cm³/mol. The molecule has 0 saturated heterocycles.